The maximum Gasteiger partial charge on any atom is 0.180 e. The second-order valence-electron chi connectivity index (χ2n) is 1.95. The molecule has 0 atom stereocenters. The fourth-order valence-corrected chi connectivity index (χ4v) is 0.908. The van der Waals surface area contributed by atoms with Crippen LogP contribution in [-0.2, 0) is 0 Å². The number of nitroso groups, excluding NO2 is 2. The van der Waals surface area contributed by atoms with Gasteiger partial charge in [0.1, 0.15) is 5.75 Å². The lowest BCUT2D eigenvalue weighted by molar-refractivity contribution is 0.477. The average Bonchev–Trinajstić information content (AvgIpc) is 2.08. The van der Waals surface area contributed by atoms with E-state index in [-0.39, 0.29) is 10.7 Å². The summed E-state index contributed by atoms with van der Waals surface area (Å²) in [7, 11) is 0. The van der Waals surface area contributed by atoms with Crippen LogP contribution >= 0.6 is 11.6 Å². The third-order valence-corrected chi connectivity index (χ3v) is 1.57. The Kier molecular flexibility index (Phi) is 2.35. The molecule has 6 heteroatoms. The smallest absolute Gasteiger partial charge is 0.180 e. The predicted molar refractivity (Wildman–Crippen MR) is 44.0 cm³/mol. The average molecular weight is 187 g/mol. The van der Waals surface area contributed by atoms with Crippen LogP contribution in [0.1, 0.15) is 0 Å². The summed E-state index contributed by atoms with van der Waals surface area (Å²) >= 11 is 5.48. The van der Waals surface area contributed by atoms with Gasteiger partial charge in [-0.2, -0.15) is 0 Å². The highest BCUT2D eigenvalue weighted by Gasteiger charge is 2.12. The zero-order valence-electron chi connectivity index (χ0n) is 5.69. The second kappa shape index (κ2) is 3.27. The Morgan fingerprint density at radius 1 is 1.17 bits per heavy atom. The van der Waals surface area contributed by atoms with Gasteiger partial charge in [-0.1, -0.05) is 11.6 Å². The van der Waals surface area contributed by atoms with Crippen molar-refractivity contribution in [1.29, 1.82) is 0 Å². The summed E-state index contributed by atoms with van der Waals surface area (Å²) in [5.74, 6) is -0.413. The van der Waals surface area contributed by atoms with Crippen LogP contribution in [-0.4, -0.2) is 5.11 Å². The molecular weight excluding hydrogens is 184 g/mol. The van der Waals surface area contributed by atoms with Gasteiger partial charge in [0.2, 0.25) is 0 Å². The summed E-state index contributed by atoms with van der Waals surface area (Å²) in [6.45, 7) is 0. The van der Waals surface area contributed by atoms with Crippen molar-refractivity contribution in [2.24, 2.45) is 10.4 Å². The minimum absolute atomic E-state index is 0.0163. The van der Waals surface area contributed by atoms with Crippen molar-refractivity contribution in [2.75, 3.05) is 0 Å². The fraction of sp³-hybridized carbons (Fsp3) is 0. The van der Waals surface area contributed by atoms with Crippen molar-refractivity contribution in [3.05, 3.63) is 27.0 Å². The Labute approximate surface area is 71.9 Å². The standard InChI is InChI=1S/C6H3ClN2O3/c7-3-1-2-4(10)6(9-12)5(3)8-11/h1-2,10H. The molecule has 1 aromatic carbocycles. The van der Waals surface area contributed by atoms with Crippen molar-refractivity contribution in [1.82, 2.24) is 0 Å². The van der Waals surface area contributed by atoms with Crippen molar-refractivity contribution in [3.8, 4) is 5.75 Å². The quantitative estimate of drug-likeness (QED) is 0.721. The normalized spacial score (nSPS) is 9.42. The first-order chi connectivity index (χ1) is 5.70. The number of benzene rings is 1. The molecule has 0 spiro atoms. The largest absolute Gasteiger partial charge is 0.505 e. The minimum atomic E-state index is -0.433. The van der Waals surface area contributed by atoms with Crippen LogP contribution < -0.4 is 0 Å². The highest BCUT2D eigenvalue weighted by Crippen LogP contribution is 2.41. The van der Waals surface area contributed by atoms with Crippen molar-refractivity contribution in [2.45, 2.75) is 0 Å². The van der Waals surface area contributed by atoms with Crippen LogP contribution in [0.4, 0.5) is 11.4 Å². The number of aromatic hydroxyl groups is 1. The molecule has 5 nitrogen and oxygen atoms in total. The Balaban J connectivity index is 3.48. The van der Waals surface area contributed by atoms with Gasteiger partial charge in [0.15, 0.2) is 11.4 Å². The Morgan fingerprint density at radius 2 is 1.75 bits per heavy atom. The zero-order valence-corrected chi connectivity index (χ0v) is 6.45. The van der Waals surface area contributed by atoms with Gasteiger partial charge in [-0.25, -0.2) is 0 Å². The lowest BCUT2D eigenvalue weighted by atomic mass is 10.2. The summed E-state index contributed by atoms with van der Waals surface area (Å²) in [6.07, 6.45) is 0. The molecule has 1 rings (SSSR count). The van der Waals surface area contributed by atoms with Crippen LogP contribution in [0, 0.1) is 9.81 Å². The van der Waals surface area contributed by atoms with E-state index in [2.05, 4.69) is 10.4 Å². The molecule has 0 saturated heterocycles. The van der Waals surface area contributed by atoms with Crippen molar-refractivity contribution >= 4 is 23.0 Å². The van der Waals surface area contributed by atoms with E-state index >= 15 is 0 Å². The fourth-order valence-electron chi connectivity index (χ4n) is 0.721. The number of rotatable bonds is 2. The monoisotopic (exact) mass is 186 g/mol. The van der Waals surface area contributed by atoms with E-state index in [0.29, 0.717) is 0 Å². The predicted octanol–water partition coefficient (Wildman–Crippen LogP) is 2.84. The molecule has 0 aliphatic heterocycles. The first-order valence-corrected chi connectivity index (χ1v) is 3.26. The van der Waals surface area contributed by atoms with Gasteiger partial charge < -0.3 is 5.11 Å². The molecule has 0 aliphatic rings. The van der Waals surface area contributed by atoms with Gasteiger partial charge in [0.05, 0.1) is 5.02 Å². The van der Waals surface area contributed by atoms with Crippen LogP contribution in [0.3, 0.4) is 0 Å². The molecule has 12 heavy (non-hydrogen) atoms. The molecule has 0 aromatic heterocycles. The number of nitrogens with zero attached hydrogens (tertiary/aromatic N) is 2. The summed E-state index contributed by atoms with van der Waals surface area (Å²) < 4.78 is 0. The highest BCUT2D eigenvalue weighted by atomic mass is 35.5. The van der Waals surface area contributed by atoms with E-state index in [1.54, 1.807) is 0 Å². The Morgan fingerprint density at radius 3 is 2.17 bits per heavy atom. The van der Waals surface area contributed by atoms with Crippen LogP contribution in [0.15, 0.2) is 22.5 Å². The highest BCUT2D eigenvalue weighted by molar-refractivity contribution is 6.33. The summed E-state index contributed by atoms with van der Waals surface area (Å²) in [5, 5.41) is 13.9. The third kappa shape index (κ3) is 1.26. The van der Waals surface area contributed by atoms with Gasteiger partial charge in [0, 0.05) is 0 Å². The first-order valence-electron chi connectivity index (χ1n) is 2.89. The van der Waals surface area contributed by atoms with Gasteiger partial charge in [-0.3, -0.25) is 0 Å². The molecule has 0 bridgehead atoms. The molecule has 0 amide bonds. The van der Waals surface area contributed by atoms with E-state index in [9.17, 15) is 9.81 Å². The summed E-state index contributed by atoms with van der Waals surface area (Å²) in [5.41, 5.74) is -0.774. The van der Waals surface area contributed by atoms with Gasteiger partial charge in [-0.05, 0) is 22.5 Å². The number of halogens is 1. The number of phenolic OH excluding ortho intramolecular Hbond substituents is 1. The summed E-state index contributed by atoms with van der Waals surface area (Å²) in [4.78, 5) is 20.2. The molecule has 0 aliphatic carbocycles. The molecule has 0 radical (unpaired) electrons. The van der Waals surface area contributed by atoms with Crippen molar-refractivity contribution in [3.63, 3.8) is 0 Å². The molecule has 62 valence electrons. The number of hydrogen-bond donors (Lipinski definition) is 1. The first kappa shape index (κ1) is 8.61. The Hall–Kier alpha value is -1.49. The molecule has 0 fully saturated rings. The van der Waals surface area contributed by atoms with Crippen LogP contribution in [0.5, 0.6) is 5.75 Å². The lowest BCUT2D eigenvalue weighted by Crippen LogP contribution is -1.71. The van der Waals surface area contributed by atoms with Crippen LogP contribution in [0.25, 0.3) is 0 Å². The van der Waals surface area contributed by atoms with E-state index in [0.717, 1.165) is 6.07 Å². The molecule has 1 N–H and O–H groups in total. The molecule has 0 saturated carbocycles. The van der Waals surface area contributed by atoms with E-state index < -0.39 is 11.4 Å². The van der Waals surface area contributed by atoms with Crippen LogP contribution in [0.2, 0.25) is 5.02 Å². The lowest BCUT2D eigenvalue weighted by Gasteiger charge is -1.98. The topological polar surface area (TPSA) is 79.1 Å². The maximum atomic E-state index is 10.1. The molecule has 1 aromatic rings. The zero-order chi connectivity index (χ0) is 9.14. The van der Waals surface area contributed by atoms with Gasteiger partial charge >= 0.3 is 0 Å². The van der Waals surface area contributed by atoms with Crippen molar-refractivity contribution < 1.29 is 5.11 Å². The van der Waals surface area contributed by atoms with Gasteiger partial charge in [0.25, 0.3) is 0 Å². The van der Waals surface area contributed by atoms with E-state index in [1.807, 2.05) is 0 Å². The Bertz CT molecular complexity index is 307. The minimum Gasteiger partial charge on any atom is -0.505 e. The molecule has 0 heterocycles. The maximum absolute atomic E-state index is 10.1. The number of phenols is 1. The van der Waals surface area contributed by atoms with E-state index in [4.69, 9.17) is 16.7 Å². The second-order valence-corrected chi connectivity index (χ2v) is 2.35. The molecule has 0 unspecified atom stereocenters. The number of hydrogen-bond acceptors (Lipinski definition) is 5. The SMILES string of the molecule is O=Nc1c(O)ccc(Cl)c1N=O. The summed E-state index contributed by atoms with van der Waals surface area (Å²) in [6, 6.07) is 2.41. The third-order valence-electron chi connectivity index (χ3n) is 1.26. The van der Waals surface area contributed by atoms with Gasteiger partial charge in [-0.15, -0.1) is 9.81 Å². The van der Waals surface area contributed by atoms with E-state index in [1.165, 1.54) is 6.07 Å². The molecular formula is C6H3ClN2O3.